The molecule has 0 aromatic heterocycles. The van der Waals surface area contributed by atoms with E-state index in [9.17, 15) is 4.79 Å². The van der Waals surface area contributed by atoms with Crippen molar-refractivity contribution in [1.82, 2.24) is 9.80 Å². The van der Waals surface area contributed by atoms with Gasteiger partial charge in [0.2, 0.25) is 5.91 Å². The lowest BCUT2D eigenvalue weighted by Gasteiger charge is -2.28. The lowest BCUT2D eigenvalue weighted by Crippen LogP contribution is -2.32. The fraction of sp³-hybridized carbons (Fsp3) is 0.316. The zero-order chi connectivity index (χ0) is 17.1. The number of carbonyl (C=O) groups excluding carboxylic acids is 1. The number of methoxy groups -OCH3 is 1. The maximum Gasteiger partial charge on any atom is 0.238 e. The minimum atomic E-state index is -0.0563. The highest BCUT2D eigenvalue weighted by Gasteiger charge is 2.36. The number of ether oxygens (including phenoxy) is 1. The quantitative estimate of drug-likeness (QED) is 0.857. The maximum absolute atomic E-state index is 12.4. The fourth-order valence-corrected chi connectivity index (χ4v) is 3.21. The van der Waals surface area contributed by atoms with Crippen molar-refractivity contribution < 1.29 is 9.53 Å². The summed E-state index contributed by atoms with van der Waals surface area (Å²) >= 11 is 0. The summed E-state index contributed by atoms with van der Waals surface area (Å²) in [5.74, 6) is 0.992. The molecule has 1 amide bonds. The van der Waals surface area contributed by atoms with Gasteiger partial charge in [0.05, 0.1) is 13.7 Å². The molecule has 1 fully saturated rings. The van der Waals surface area contributed by atoms with Crippen molar-refractivity contribution in [3.05, 3.63) is 59.7 Å². The van der Waals surface area contributed by atoms with Crippen molar-refractivity contribution in [2.45, 2.75) is 12.6 Å². The first-order valence-electron chi connectivity index (χ1n) is 8.06. The number of hydrogen-bond donors (Lipinski definition) is 1. The number of nitrogens with two attached hydrogens (primary N) is 1. The van der Waals surface area contributed by atoms with Gasteiger partial charge < -0.3 is 15.4 Å². The predicted molar refractivity (Wildman–Crippen MR) is 94.6 cm³/mol. The van der Waals surface area contributed by atoms with Crippen molar-refractivity contribution in [3.63, 3.8) is 0 Å². The summed E-state index contributed by atoms with van der Waals surface area (Å²) in [4.78, 5) is 16.4. The van der Waals surface area contributed by atoms with Gasteiger partial charge in [-0.15, -0.1) is 0 Å². The molecular weight excluding hydrogens is 302 g/mol. The second kappa shape index (κ2) is 6.93. The minimum absolute atomic E-state index is 0.0563. The van der Waals surface area contributed by atoms with E-state index >= 15 is 0 Å². The second-order valence-electron chi connectivity index (χ2n) is 6.14. The highest BCUT2D eigenvalue weighted by atomic mass is 16.5. The van der Waals surface area contributed by atoms with Crippen molar-refractivity contribution in [2.24, 2.45) is 0 Å². The van der Waals surface area contributed by atoms with Gasteiger partial charge >= 0.3 is 0 Å². The van der Waals surface area contributed by atoms with Crippen LogP contribution in [0.3, 0.4) is 0 Å². The third kappa shape index (κ3) is 3.36. The molecule has 2 N–H and O–H groups in total. The van der Waals surface area contributed by atoms with Gasteiger partial charge in [-0.1, -0.05) is 24.3 Å². The van der Waals surface area contributed by atoms with Crippen LogP contribution in [0.5, 0.6) is 5.75 Å². The lowest BCUT2D eigenvalue weighted by molar-refractivity contribution is -0.128. The van der Waals surface area contributed by atoms with Gasteiger partial charge in [0.1, 0.15) is 11.9 Å². The smallest absolute Gasteiger partial charge is 0.238 e. The summed E-state index contributed by atoms with van der Waals surface area (Å²) in [6, 6.07) is 15.7. The number of nitrogens with zero attached hydrogens (tertiary/aromatic N) is 2. The molecule has 2 aromatic carbocycles. The molecule has 1 atom stereocenters. The van der Waals surface area contributed by atoms with Crippen molar-refractivity contribution >= 4 is 11.6 Å². The van der Waals surface area contributed by atoms with E-state index in [0.717, 1.165) is 23.4 Å². The molecular formula is C19H23N3O2. The number of rotatable bonds is 5. The first kappa shape index (κ1) is 16.3. The Bertz CT molecular complexity index is 715. The number of likely N-dealkylation sites (N-methyl/N-ethyl adjacent to an activating group) is 1. The summed E-state index contributed by atoms with van der Waals surface area (Å²) in [5.41, 5.74) is 8.87. The zero-order valence-electron chi connectivity index (χ0n) is 14.1. The van der Waals surface area contributed by atoms with Crippen molar-refractivity contribution in [3.8, 4) is 5.75 Å². The number of benzene rings is 2. The van der Waals surface area contributed by atoms with Gasteiger partial charge in [0, 0.05) is 12.2 Å². The molecule has 3 rings (SSSR count). The van der Waals surface area contributed by atoms with Crippen LogP contribution < -0.4 is 10.5 Å². The summed E-state index contributed by atoms with van der Waals surface area (Å²) < 4.78 is 5.18. The molecule has 5 nitrogen and oxygen atoms in total. The largest absolute Gasteiger partial charge is 0.497 e. The first-order chi connectivity index (χ1) is 11.6. The van der Waals surface area contributed by atoms with E-state index < -0.39 is 0 Å². The number of amides is 1. The average molecular weight is 325 g/mol. The summed E-state index contributed by atoms with van der Waals surface area (Å²) in [7, 11) is 3.63. The predicted octanol–water partition coefficient (Wildman–Crippen LogP) is 2.29. The Labute approximate surface area is 142 Å². The van der Waals surface area contributed by atoms with Crippen LogP contribution in [0.25, 0.3) is 0 Å². The molecule has 1 heterocycles. The Morgan fingerprint density at radius 1 is 1.21 bits per heavy atom. The van der Waals surface area contributed by atoms with Crippen LogP contribution in [0.15, 0.2) is 48.5 Å². The normalized spacial score (nSPS) is 18.2. The maximum atomic E-state index is 12.4. The number of anilines is 1. The zero-order valence-corrected chi connectivity index (χ0v) is 14.1. The first-order valence-corrected chi connectivity index (χ1v) is 8.06. The van der Waals surface area contributed by atoms with E-state index in [4.69, 9.17) is 10.5 Å². The van der Waals surface area contributed by atoms with Gasteiger partial charge in [0.15, 0.2) is 0 Å². The molecule has 0 bridgehead atoms. The molecule has 0 spiro atoms. The number of hydrogen-bond acceptors (Lipinski definition) is 4. The van der Waals surface area contributed by atoms with Crippen LogP contribution in [0.2, 0.25) is 0 Å². The fourth-order valence-electron chi connectivity index (χ4n) is 3.21. The van der Waals surface area contributed by atoms with Crippen LogP contribution in [0, 0.1) is 0 Å². The van der Waals surface area contributed by atoms with E-state index in [-0.39, 0.29) is 12.1 Å². The van der Waals surface area contributed by atoms with E-state index in [2.05, 4.69) is 4.90 Å². The highest BCUT2D eigenvalue weighted by molar-refractivity contribution is 5.81. The summed E-state index contributed by atoms with van der Waals surface area (Å²) in [5, 5.41) is 0. The molecule has 1 unspecified atom stereocenters. The van der Waals surface area contributed by atoms with Crippen LogP contribution in [-0.2, 0) is 11.2 Å². The van der Waals surface area contributed by atoms with Crippen LogP contribution in [0.1, 0.15) is 17.3 Å². The van der Waals surface area contributed by atoms with Gasteiger partial charge in [-0.2, -0.15) is 0 Å². The standard InChI is InChI=1S/C19H23N3O2/c1-21-13-18(23)22(19(21)15-4-3-5-16(20)12-15)11-10-14-6-8-17(24-2)9-7-14/h3-9,12,19H,10-11,13,20H2,1-2H3. The molecule has 1 aliphatic rings. The molecule has 5 heteroatoms. The molecule has 1 saturated heterocycles. The Morgan fingerprint density at radius 3 is 2.62 bits per heavy atom. The van der Waals surface area contributed by atoms with E-state index in [1.54, 1.807) is 7.11 Å². The molecule has 2 aromatic rings. The Hall–Kier alpha value is -2.53. The van der Waals surface area contributed by atoms with Gasteiger partial charge in [0.25, 0.3) is 0 Å². The highest BCUT2D eigenvalue weighted by Crippen LogP contribution is 2.30. The SMILES string of the molecule is COc1ccc(CCN2C(=O)CN(C)C2c2cccc(N)c2)cc1. The monoisotopic (exact) mass is 325 g/mol. The van der Waals surface area contributed by atoms with Crippen molar-refractivity contribution in [1.29, 1.82) is 0 Å². The van der Waals surface area contributed by atoms with E-state index in [1.165, 1.54) is 5.56 Å². The molecule has 24 heavy (non-hydrogen) atoms. The number of carbonyl (C=O) groups is 1. The van der Waals surface area contributed by atoms with E-state index in [1.807, 2.05) is 60.5 Å². The third-order valence-corrected chi connectivity index (χ3v) is 4.43. The Kier molecular flexibility index (Phi) is 4.71. The Morgan fingerprint density at radius 2 is 1.96 bits per heavy atom. The average Bonchev–Trinajstić information content (AvgIpc) is 2.87. The van der Waals surface area contributed by atoms with Crippen LogP contribution in [-0.4, -0.2) is 43.0 Å². The summed E-state index contributed by atoms with van der Waals surface area (Å²) in [6.45, 7) is 1.11. The van der Waals surface area contributed by atoms with Gasteiger partial charge in [-0.25, -0.2) is 0 Å². The van der Waals surface area contributed by atoms with Crippen molar-refractivity contribution in [2.75, 3.05) is 33.0 Å². The van der Waals surface area contributed by atoms with Gasteiger partial charge in [-0.05, 0) is 48.9 Å². The second-order valence-corrected chi connectivity index (χ2v) is 6.14. The molecule has 0 saturated carbocycles. The minimum Gasteiger partial charge on any atom is -0.497 e. The third-order valence-electron chi connectivity index (χ3n) is 4.43. The van der Waals surface area contributed by atoms with Crippen LogP contribution >= 0.6 is 0 Å². The van der Waals surface area contributed by atoms with Gasteiger partial charge in [-0.3, -0.25) is 9.69 Å². The topological polar surface area (TPSA) is 58.8 Å². The number of nitrogen functional groups attached to an aromatic ring is 1. The lowest BCUT2D eigenvalue weighted by atomic mass is 10.1. The molecule has 1 aliphatic heterocycles. The van der Waals surface area contributed by atoms with Crippen LogP contribution in [0.4, 0.5) is 5.69 Å². The van der Waals surface area contributed by atoms with E-state index in [0.29, 0.717) is 13.1 Å². The Balaban J connectivity index is 1.75. The summed E-state index contributed by atoms with van der Waals surface area (Å²) in [6.07, 6.45) is 0.752. The molecule has 0 radical (unpaired) electrons. The molecule has 0 aliphatic carbocycles. The molecule has 126 valence electrons.